The van der Waals surface area contributed by atoms with Gasteiger partial charge in [0.25, 0.3) is 0 Å². The summed E-state index contributed by atoms with van der Waals surface area (Å²) in [4.78, 5) is 20.8. The molecule has 9 heteroatoms. The molecule has 0 saturated carbocycles. The molecule has 2 aliphatic heterocycles. The van der Waals surface area contributed by atoms with E-state index in [4.69, 9.17) is 9.72 Å². The molecule has 0 amide bonds. The van der Waals surface area contributed by atoms with Crippen LogP contribution in [0.15, 0.2) is 36.8 Å². The second kappa shape index (κ2) is 10.2. The molecule has 2 fully saturated rings. The molecule has 0 bridgehead atoms. The maximum Gasteiger partial charge on any atom is 0.154 e. The van der Waals surface area contributed by atoms with E-state index in [1.54, 1.807) is 12.4 Å². The Hall–Kier alpha value is -2.49. The van der Waals surface area contributed by atoms with Crippen LogP contribution in [0, 0.1) is 5.92 Å². The number of fused-ring (bicyclic) bond motifs is 1. The molecule has 0 spiro atoms. The molecule has 3 aromatic heterocycles. The summed E-state index contributed by atoms with van der Waals surface area (Å²) in [5.41, 5.74) is 3.47. The summed E-state index contributed by atoms with van der Waals surface area (Å²) >= 11 is 0. The van der Waals surface area contributed by atoms with Crippen molar-refractivity contribution >= 4 is 36.2 Å². The van der Waals surface area contributed by atoms with Crippen LogP contribution in [0.5, 0.6) is 0 Å². The van der Waals surface area contributed by atoms with Crippen LogP contribution in [0.25, 0.3) is 22.3 Å². The number of aromatic nitrogens is 4. The second-order valence-electron chi connectivity index (χ2n) is 7.88. The minimum Gasteiger partial charge on any atom is -0.378 e. The van der Waals surface area contributed by atoms with E-state index in [9.17, 15) is 0 Å². The van der Waals surface area contributed by atoms with Gasteiger partial charge in [-0.2, -0.15) is 13.5 Å². The maximum atomic E-state index is 5.43. The van der Waals surface area contributed by atoms with Crippen LogP contribution in [0.1, 0.15) is 12.8 Å². The van der Waals surface area contributed by atoms with E-state index >= 15 is 0 Å². The fourth-order valence-corrected chi connectivity index (χ4v) is 4.10. The van der Waals surface area contributed by atoms with Gasteiger partial charge in [-0.15, -0.1) is 0 Å². The number of ether oxygens (including phenoxy) is 1. The first-order valence-corrected chi connectivity index (χ1v) is 10.7. The fraction of sp³-hybridized carbons (Fsp3) is 0.455. The monoisotopic (exact) mass is 439 g/mol. The Kier molecular flexibility index (Phi) is 7.16. The number of nitrogens with one attached hydrogen (secondary N) is 2. The van der Waals surface area contributed by atoms with Crippen LogP contribution < -0.4 is 15.5 Å². The van der Waals surface area contributed by atoms with Gasteiger partial charge in [-0.3, -0.25) is 4.98 Å². The molecule has 2 aliphatic rings. The van der Waals surface area contributed by atoms with E-state index in [-0.39, 0.29) is 13.5 Å². The highest BCUT2D eigenvalue weighted by molar-refractivity contribution is 7.59. The van der Waals surface area contributed by atoms with Gasteiger partial charge >= 0.3 is 0 Å². The van der Waals surface area contributed by atoms with Gasteiger partial charge < -0.3 is 20.3 Å². The minimum absolute atomic E-state index is 0. The molecule has 5 heterocycles. The normalized spacial score (nSPS) is 19.1. The van der Waals surface area contributed by atoms with Crippen molar-refractivity contribution in [1.29, 1.82) is 0 Å². The average molecular weight is 440 g/mol. The molecule has 164 valence electrons. The molecule has 0 unspecified atom stereocenters. The van der Waals surface area contributed by atoms with Crippen molar-refractivity contribution in [2.45, 2.75) is 12.8 Å². The number of hydrogen-bond donors (Lipinski definition) is 2. The lowest BCUT2D eigenvalue weighted by Crippen LogP contribution is -2.36. The topological polar surface area (TPSA) is 88.1 Å². The Morgan fingerprint density at radius 2 is 2.00 bits per heavy atom. The van der Waals surface area contributed by atoms with Crippen LogP contribution in [-0.2, 0) is 4.74 Å². The van der Waals surface area contributed by atoms with Crippen molar-refractivity contribution in [3.63, 3.8) is 0 Å². The Morgan fingerprint density at radius 3 is 2.77 bits per heavy atom. The van der Waals surface area contributed by atoms with Gasteiger partial charge in [-0.25, -0.2) is 15.0 Å². The summed E-state index contributed by atoms with van der Waals surface area (Å²) < 4.78 is 5.43. The molecule has 1 atom stereocenters. The molecule has 2 saturated heterocycles. The molecule has 0 aromatic carbocycles. The fourth-order valence-electron chi connectivity index (χ4n) is 4.10. The molecule has 2 N–H and O–H groups in total. The lowest BCUT2D eigenvalue weighted by atomic mass is 10.00. The Balaban J connectivity index is 0.00000231. The van der Waals surface area contributed by atoms with Crippen molar-refractivity contribution in [2.24, 2.45) is 5.92 Å². The average Bonchev–Trinajstić information content (AvgIpc) is 2.84. The smallest absolute Gasteiger partial charge is 0.154 e. The first-order valence-electron chi connectivity index (χ1n) is 10.7. The summed E-state index contributed by atoms with van der Waals surface area (Å²) in [5, 5.41) is 7.00. The summed E-state index contributed by atoms with van der Waals surface area (Å²) in [6.07, 6.45) is 7.79. The largest absolute Gasteiger partial charge is 0.378 e. The van der Waals surface area contributed by atoms with Crippen molar-refractivity contribution < 1.29 is 4.74 Å². The SMILES string of the molecule is S.c1cnc2c(NC[C@H]3CCCNC3)nc(-c3ccc(N4CCOCC4)nc3)cc2n1. The summed E-state index contributed by atoms with van der Waals surface area (Å²) in [6, 6.07) is 6.13. The Morgan fingerprint density at radius 1 is 1.13 bits per heavy atom. The van der Waals surface area contributed by atoms with Crippen molar-refractivity contribution in [2.75, 3.05) is 56.2 Å². The van der Waals surface area contributed by atoms with Gasteiger partial charge in [0.15, 0.2) is 5.82 Å². The molecule has 31 heavy (non-hydrogen) atoms. The Labute approximate surface area is 189 Å². The molecule has 0 aliphatic carbocycles. The third kappa shape index (κ3) is 5.06. The maximum absolute atomic E-state index is 5.43. The molecular formula is C22H29N7OS. The number of rotatable bonds is 5. The second-order valence-corrected chi connectivity index (χ2v) is 7.88. The van der Waals surface area contributed by atoms with E-state index in [1.165, 1.54) is 12.8 Å². The summed E-state index contributed by atoms with van der Waals surface area (Å²) in [7, 11) is 0. The number of nitrogens with zero attached hydrogens (tertiary/aromatic N) is 5. The first kappa shape index (κ1) is 21.7. The van der Waals surface area contributed by atoms with Crippen LogP contribution in [0.4, 0.5) is 11.6 Å². The van der Waals surface area contributed by atoms with Gasteiger partial charge in [-0.05, 0) is 50.0 Å². The van der Waals surface area contributed by atoms with E-state index in [2.05, 4.69) is 42.6 Å². The lowest BCUT2D eigenvalue weighted by Gasteiger charge is -2.27. The van der Waals surface area contributed by atoms with Gasteiger partial charge in [-0.1, -0.05) is 0 Å². The molecule has 5 rings (SSSR count). The zero-order chi connectivity index (χ0) is 20.2. The van der Waals surface area contributed by atoms with E-state index < -0.39 is 0 Å². The standard InChI is InChI=1S/C22H27N7O.H2S/c1-2-16(13-23-5-1)14-27-22-21-19(24-6-7-25-21)12-18(28-22)17-3-4-20(26-15-17)29-8-10-30-11-9-29;/h3-4,6-7,12,15-16,23H,1-2,5,8-11,13-14H2,(H,27,28);1H2/t16-;/m0./s1. The van der Waals surface area contributed by atoms with Crippen LogP contribution in [-0.4, -0.2) is 65.9 Å². The molecule has 3 aromatic rings. The van der Waals surface area contributed by atoms with Gasteiger partial charge in [0, 0.05) is 43.8 Å². The highest BCUT2D eigenvalue weighted by Gasteiger charge is 2.16. The summed E-state index contributed by atoms with van der Waals surface area (Å²) in [6.45, 7) is 6.29. The summed E-state index contributed by atoms with van der Waals surface area (Å²) in [5.74, 6) is 2.37. The molecule has 0 radical (unpaired) electrons. The van der Waals surface area contributed by atoms with Gasteiger partial charge in [0.05, 0.1) is 24.4 Å². The number of hydrogen-bond acceptors (Lipinski definition) is 8. The van der Waals surface area contributed by atoms with Crippen molar-refractivity contribution in [3.8, 4) is 11.3 Å². The number of piperidine rings is 1. The Bertz CT molecular complexity index is 989. The van der Waals surface area contributed by atoms with Crippen LogP contribution >= 0.6 is 13.5 Å². The van der Waals surface area contributed by atoms with E-state index in [1.807, 2.05) is 12.3 Å². The molecule has 8 nitrogen and oxygen atoms in total. The predicted molar refractivity (Wildman–Crippen MR) is 128 cm³/mol. The van der Waals surface area contributed by atoms with Crippen LogP contribution in [0.2, 0.25) is 0 Å². The van der Waals surface area contributed by atoms with Gasteiger partial charge in [0.2, 0.25) is 0 Å². The minimum atomic E-state index is 0. The van der Waals surface area contributed by atoms with E-state index in [0.29, 0.717) is 5.92 Å². The zero-order valence-electron chi connectivity index (χ0n) is 17.5. The first-order chi connectivity index (χ1) is 14.9. The van der Waals surface area contributed by atoms with E-state index in [0.717, 1.165) is 79.9 Å². The third-order valence-corrected chi connectivity index (χ3v) is 5.79. The zero-order valence-corrected chi connectivity index (χ0v) is 18.5. The number of anilines is 2. The highest BCUT2D eigenvalue weighted by atomic mass is 32.1. The van der Waals surface area contributed by atoms with Crippen molar-refractivity contribution in [1.82, 2.24) is 25.3 Å². The quantitative estimate of drug-likeness (QED) is 0.627. The predicted octanol–water partition coefficient (Wildman–Crippen LogP) is 2.45. The number of morpholine rings is 1. The van der Waals surface area contributed by atoms with Crippen LogP contribution in [0.3, 0.4) is 0 Å². The molecular weight excluding hydrogens is 410 g/mol. The highest BCUT2D eigenvalue weighted by Crippen LogP contribution is 2.26. The van der Waals surface area contributed by atoms with Crippen molar-refractivity contribution in [3.05, 3.63) is 36.8 Å². The van der Waals surface area contributed by atoms with Gasteiger partial charge in [0.1, 0.15) is 11.3 Å². The number of pyridine rings is 2. The third-order valence-electron chi connectivity index (χ3n) is 5.79. The lowest BCUT2D eigenvalue weighted by molar-refractivity contribution is 0.122.